The molecule has 35 heavy (non-hydrogen) atoms. The number of hydrogen-bond acceptors (Lipinski definition) is 4. The molecule has 2 fully saturated rings. The van der Waals surface area contributed by atoms with E-state index in [1.807, 2.05) is 43.3 Å². The quantitative estimate of drug-likeness (QED) is 0.385. The lowest BCUT2D eigenvalue weighted by Crippen LogP contribution is -2.30. The van der Waals surface area contributed by atoms with Crippen molar-refractivity contribution in [2.75, 3.05) is 11.9 Å². The van der Waals surface area contributed by atoms with Crippen molar-refractivity contribution in [2.45, 2.75) is 76.9 Å². The summed E-state index contributed by atoms with van der Waals surface area (Å²) in [6, 6.07) is 16.6. The van der Waals surface area contributed by atoms with Gasteiger partial charge in [-0.15, -0.1) is 0 Å². The summed E-state index contributed by atoms with van der Waals surface area (Å²) in [6.45, 7) is 4.77. The van der Waals surface area contributed by atoms with E-state index in [-0.39, 0.29) is 5.60 Å². The lowest BCUT2D eigenvalue weighted by atomic mass is 9.92. The zero-order valence-electron chi connectivity index (χ0n) is 20.6. The number of aromatic nitrogens is 1. The molecular weight excluding hydrogens is 438 g/mol. The van der Waals surface area contributed by atoms with Gasteiger partial charge in [0.25, 0.3) is 0 Å². The molecule has 1 aromatic heterocycles. The Hall–Kier alpha value is -3.46. The van der Waals surface area contributed by atoms with Crippen LogP contribution in [0.2, 0.25) is 0 Å². The largest absolute Gasteiger partial charge is 0.494 e. The van der Waals surface area contributed by atoms with E-state index in [1.54, 1.807) is 0 Å². The second-order valence-corrected chi connectivity index (χ2v) is 10.1. The van der Waals surface area contributed by atoms with Crippen LogP contribution in [0.25, 0.3) is 22.2 Å². The molecule has 0 saturated heterocycles. The van der Waals surface area contributed by atoms with Gasteiger partial charge in [-0.2, -0.15) is 5.26 Å². The van der Waals surface area contributed by atoms with E-state index in [2.05, 4.69) is 28.9 Å². The maximum absolute atomic E-state index is 12.5. The minimum absolute atomic E-state index is 0.366. The molecule has 6 heteroatoms. The monoisotopic (exact) mass is 471 g/mol. The van der Waals surface area contributed by atoms with Gasteiger partial charge in [0.15, 0.2) is 0 Å². The standard InChI is InChI=1S/C29H33N3O3/c1-3-17-34-23-13-14-24-25(19-30)27(32(26(24)18-23)22-7-6-8-22)20-9-11-21(12-10-20)31-28(33)35-29(2)15-4-5-16-29/h9-14,18,22H,3-8,15-17H2,1-2H3,(H,31,33). The predicted molar refractivity (Wildman–Crippen MR) is 138 cm³/mol. The van der Waals surface area contributed by atoms with Gasteiger partial charge in [-0.3, -0.25) is 5.32 Å². The van der Waals surface area contributed by atoms with E-state index in [4.69, 9.17) is 9.47 Å². The number of ether oxygens (including phenoxy) is 2. The first kappa shape index (κ1) is 23.3. The Morgan fingerprint density at radius 3 is 2.51 bits per heavy atom. The summed E-state index contributed by atoms with van der Waals surface area (Å²) in [6.07, 6.45) is 7.95. The van der Waals surface area contributed by atoms with Crippen LogP contribution in [0, 0.1) is 11.3 Å². The van der Waals surface area contributed by atoms with Crippen molar-refractivity contribution in [3.05, 3.63) is 48.0 Å². The summed E-state index contributed by atoms with van der Waals surface area (Å²) in [5.41, 5.74) is 3.94. The minimum atomic E-state index is -0.414. The molecule has 6 nitrogen and oxygen atoms in total. The van der Waals surface area contributed by atoms with Crippen LogP contribution in [0.1, 0.15) is 76.8 Å². The average Bonchev–Trinajstić information content (AvgIpc) is 3.38. The van der Waals surface area contributed by atoms with Gasteiger partial charge in [0.05, 0.1) is 23.4 Å². The van der Waals surface area contributed by atoms with Crippen molar-refractivity contribution >= 4 is 22.7 Å². The minimum Gasteiger partial charge on any atom is -0.494 e. The molecule has 1 amide bonds. The Morgan fingerprint density at radius 1 is 1.14 bits per heavy atom. The van der Waals surface area contributed by atoms with Crippen molar-refractivity contribution < 1.29 is 14.3 Å². The molecule has 2 aliphatic carbocycles. The average molecular weight is 472 g/mol. The van der Waals surface area contributed by atoms with E-state index in [0.717, 1.165) is 72.9 Å². The molecule has 0 atom stereocenters. The molecule has 182 valence electrons. The number of hydrogen-bond donors (Lipinski definition) is 1. The van der Waals surface area contributed by atoms with E-state index < -0.39 is 6.09 Å². The predicted octanol–water partition coefficient (Wildman–Crippen LogP) is 7.57. The molecule has 5 rings (SSSR count). The van der Waals surface area contributed by atoms with Gasteiger partial charge in [-0.05, 0) is 88.1 Å². The van der Waals surface area contributed by atoms with Crippen LogP contribution in [-0.2, 0) is 4.74 Å². The van der Waals surface area contributed by atoms with Crippen molar-refractivity contribution in [3.63, 3.8) is 0 Å². The molecule has 0 radical (unpaired) electrons. The van der Waals surface area contributed by atoms with Crippen LogP contribution in [0.5, 0.6) is 5.75 Å². The van der Waals surface area contributed by atoms with Gasteiger partial charge >= 0.3 is 6.09 Å². The van der Waals surface area contributed by atoms with Crippen LogP contribution >= 0.6 is 0 Å². The van der Waals surface area contributed by atoms with E-state index >= 15 is 0 Å². The highest BCUT2D eigenvalue weighted by molar-refractivity contribution is 5.96. The Balaban J connectivity index is 1.46. The van der Waals surface area contributed by atoms with Crippen LogP contribution in [0.3, 0.4) is 0 Å². The molecular formula is C29H33N3O3. The zero-order chi connectivity index (χ0) is 24.4. The number of benzene rings is 2. The Morgan fingerprint density at radius 2 is 1.89 bits per heavy atom. The summed E-state index contributed by atoms with van der Waals surface area (Å²) in [5.74, 6) is 0.836. The first-order chi connectivity index (χ1) is 17.0. The van der Waals surface area contributed by atoms with Crippen molar-refractivity contribution in [1.82, 2.24) is 4.57 Å². The summed E-state index contributed by atoms with van der Waals surface area (Å²) in [4.78, 5) is 12.5. The van der Waals surface area contributed by atoms with Crippen molar-refractivity contribution in [3.8, 4) is 23.1 Å². The fourth-order valence-corrected chi connectivity index (χ4v) is 5.32. The summed E-state index contributed by atoms with van der Waals surface area (Å²) < 4.78 is 13.9. The third kappa shape index (κ3) is 4.60. The maximum Gasteiger partial charge on any atom is 0.412 e. The topological polar surface area (TPSA) is 76.3 Å². The summed E-state index contributed by atoms with van der Waals surface area (Å²) >= 11 is 0. The van der Waals surface area contributed by atoms with Gasteiger partial charge in [-0.1, -0.05) is 19.1 Å². The van der Waals surface area contributed by atoms with Gasteiger partial charge in [0.2, 0.25) is 0 Å². The molecule has 2 saturated carbocycles. The van der Waals surface area contributed by atoms with E-state index in [1.165, 1.54) is 6.42 Å². The summed E-state index contributed by atoms with van der Waals surface area (Å²) in [7, 11) is 0. The molecule has 0 aliphatic heterocycles. The molecule has 2 aromatic carbocycles. The second kappa shape index (κ2) is 9.65. The van der Waals surface area contributed by atoms with Gasteiger partial charge < -0.3 is 14.0 Å². The molecule has 3 aromatic rings. The first-order valence-electron chi connectivity index (χ1n) is 12.8. The van der Waals surface area contributed by atoms with Crippen molar-refractivity contribution in [2.24, 2.45) is 0 Å². The van der Waals surface area contributed by atoms with Crippen LogP contribution in [0.4, 0.5) is 10.5 Å². The Kier molecular flexibility index (Phi) is 6.42. The lowest BCUT2D eigenvalue weighted by Gasteiger charge is -2.30. The van der Waals surface area contributed by atoms with Crippen LogP contribution < -0.4 is 10.1 Å². The van der Waals surface area contributed by atoms with Crippen LogP contribution in [0.15, 0.2) is 42.5 Å². The van der Waals surface area contributed by atoms with Gasteiger partial charge in [-0.25, -0.2) is 4.79 Å². The fourth-order valence-electron chi connectivity index (χ4n) is 5.32. The van der Waals surface area contributed by atoms with Gasteiger partial charge in [0.1, 0.15) is 17.4 Å². The zero-order valence-corrected chi connectivity index (χ0v) is 20.6. The van der Waals surface area contributed by atoms with E-state index in [0.29, 0.717) is 23.9 Å². The second-order valence-electron chi connectivity index (χ2n) is 10.1. The molecule has 0 bridgehead atoms. The number of amides is 1. The number of nitrogens with zero attached hydrogens (tertiary/aromatic N) is 2. The number of carbonyl (C=O) groups is 1. The number of rotatable bonds is 7. The third-order valence-electron chi connectivity index (χ3n) is 7.41. The first-order valence-corrected chi connectivity index (χ1v) is 12.8. The lowest BCUT2D eigenvalue weighted by molar-refractivity contribution is 0.0400. The number of anilines is 1. The smallest absolute Gasteiger partial charge is 0.412 e. The molecule has 0 spiro atoms. The Labute approximate surface area is 206 Å². The number of fused-ring (bicyclic) bond motifs is 1. The molecule has 0 unspecified atom stereocenters. The molecule has 1 N–H and O–H groups in total. The maximum atomic E-state index is 12.5. The van der Waals surface area contributed by atoms with Gasteiger partial charge in [0, 0.05) is 23.2 Å². The van der Waals surface area contributed by atoms with E-state index in [9.17, 15) is 10.1 Å². The normalized spacial score (nSPS) is 17.1. The fraction of sp³-hybridized carbons (Fsp3) is 0.448. The third-order valence-corrected chi connectivity index (χ3v) is 7.41. The number of nitriles is 1. The number of nitrogens with one attached hydrogen (secondary N) is 1. The molecule has 2 aliphatic rings. The van der Waals surface area contributed by atoms with Crippen LogP contribution in [-0.4, -0.2) is 22.9 Å². The van der Waals surface area contributed by atoms with Crippen molar-refractivity contribution in [1.29, 1.82) is 5.26 Å². The molecule has 1 heterocycles. The highest BCUT2D eigenvalue weighted by Crippen LogP contribution is 2.43. The Bertz CT molecular complexity index is 1260. The highest BCUT2D eigenvalue weighted by Gasteiger charge is 2.32. The SMILES string of the molecule is CCCOc1ccc2c(C#N)c(-c3ccc(NC(=O)OC4(C)CCCC4)cc3)n(C3CCC3)c2c1. The number of carbonyl (C=O) groups excluding carboxylic acids is 1. The summed E-state index contributed by atoms with van der Waals surface area (Å²) in [5, 5.41) is 14.0. The highest BCUT2D eigenvalue weighted by atomic mass is 16.6.